The third-order valence-corrected chi connectivity index (χ3v) is 3.35. The van der Waals surface area contributed by atoms with Gasteiger partial charge < -0.3 is 19.3 Å². The summed E-state index contributed by atoms with van der Waals surface area (Å²) in [5.41, 5.74) is -0.932. The molecule has 0 saturated carbocycles. The number of hydrogen-bond acceptors (Lipinski definition) is 4. The Bertz CT molecular complexity index is 738. The second-order valence-corrected chi connectivity index (χ2v) is 5.64. The Morgan fingerprint density at radius 3 is 2.48 bits per heavy atom. The van der Waals surface area contributed by atoms with Gasteiger partial charge in [-0.05, 0) is 33.2 Å². The molecular formula is C17H20N2O4. The lowest BCUT2D eigenvalue weighted by atomic mass is 10.2. The molecule has 6 nitrogen and oxygen atoms in total. The molecule has 122 valence electrons. The Morgan fingerprint density at radius 1 is 1.26 bits per heavy atom. The maximum Gasteiger partial charge on any atom is 0.341 e. The number of para-hydroxylation sites is 1. The Morgan fingerprint density at radius 2 is 1.91 bits per heavy atom. The maximum atomic E-state index is 12.3. The van der Waals surface area contributed by atoms with Gasteiger partial charge in [-0.2, -0.15) is 0 Å². The van der Waals surface area contributed by atoms with E-state index in [1.165, 1.54) is 6.20 Å². The van der Waals surface area contributed by atoms with E-state index in [-0.39, 0.29) is 17.4 Å². The summed E-state index contributed by atoms with van der Waals surface area (Å²) < 4.78 is 7.28. The number of nitrogens with zero attached hydrogens (tertiary/aromatic N) is 2. The number of aromatic nitrogens is 1. The van der Waals surface area contributed by atoms with E-state index >= 15 is 0 Å². The van der Waals surface area contributed by atoms with E-state index in [1.54, 1.807) is 35.0 Å². The number of ether oxygens (including phenoxy) is 1. The number of carboxylic acid groups (broad SMARTS) is 1. The molecule has 0 saturated heterocycles. The topological polar surface area (TPSA) is 71.8 Å². The zero-order chi connectivity index (χ0) is 17.0. The molecule has 1 atom stereocenters. The van der Waals surface area contributed by atoms with E-state index in [2.05, 4.69) is 0 Å². The highest BCUT2D eigenvalue weighted by molar-refractivity contribution is 5.87. The molecule has 1 unspecified atom stereocenters. The van der Waals surface area contributed by atoms with Gasteiger partial charge in [0.05, 0.1) is 6.20 Å². The van der Waals surface area contributed by atoms with Crippen molar-refractivity contribution in [2.45, 2.75) is 13.0 Å². The van der Waals surface area contributed by atoms with Crippen LogP contribution in [0.1, 0.15) is 23.3 Å². The van der Waals surface area contributed by atoms with Crippen molar-refractivity contribution < 1.29 is 14.6 Å². The third kappa shape index (κ3) is 4.20. The average molecular weight is 316 g/mol. The molecule has 0 amide bonds. The summed E-state index contributed by atoms with van der Waals surface area (Å²) in [5.74, 6) is -0.778. The van der Waals surface area contributed by atoms with Crippen LogP contribution in [0.4, 0.5) is 0 Å². The molecule has 2 rings (SSSR count). The van der Waals surface area contributed by atoms with Gasteiger partial charge in [0.25, 0.3) is 0 Å². The minimum Gasteiger partial charge on any atom is -0.477 e. The van der Waals surface area contributed by atoms with Crippen LogP contribution in [0.2, 0.25) is 0 Å². The Labute approximate surface area is 134 Å². The summed E-state index contributed by atoms with van der Waals surface area (Å²) in [6.07, 6.45) is 2.91. The number of rotatable bonds is 6. The lowest BCUT2D eigenvalue weighted by molar-refractivity contribution is 0.0693. The zero-order valence-electron chi connectivity index (χ0n) is 13.4. The van der Waals surface area contributed by atoms with Crippen molar-refractivity contribution in [2.75, 3.05) is 20.6 Å². The molecule has 1 heterocycles. The van der Waals surface area contributed by atoms with E-state index in [0.717, 1.165) is 0 Å². The van der Waals surface area contributed by atoms with Crippen LogP contribution in [0.15, 0.2) is 47.5 Å². The fourth-order valence-corrected chi connectivity index (χ4v) is 2.29. The van der Waals surface area contributed by atoms with E-state index in [9.17, 15) is 14.7 Å². The van der Waals surface area contributed by atoms with Crippen LogP contribution in [0.25, 0.3) is 0 Å². The quantitative estimate of drug-likeness (QED) is 0.886. The molecular weight excluding hydrogens is 296 g/mol. The zero-order valence-corrected chi connectivity index (χ0v) is 13.4. The Kier molecular flexibility index (Phi) is 5.18. The number of aromatic carboxylic acids is 1. The molecule has 2 aromatic rings. The highest BCUT2D eigenvalue weighted by atomic mass is 16.5. The number of pyridine rings is 1. The van der Waals surface area contributed by atoms with Crippen LogP contribution < -0.4 is 10.2 Å². The second-order valence-electron chi connectivity index (χ2n) is 5.64. The first-order chi connectivity index (χ1) is 10.9. The molecule has 1 N–H and O–H groups in total. The normalized spacial score (nSPS) is 12.2. The molecule has 1 aromatic heterocycles. The number of likely N-dealkylation sites (N-methyl/N-ethyl adjacent to an activating group) is 1. The molecule has 0 aliphatic rings. The summed E-state index contributed by atoms with van der Waals surface area (Å²) in [5, 5.41) is 9.26. The van der Waals surface area contributed by atoms with E-state index in [1.807, 2.05) is 32.0 Å². The minimum absolute atomic E-state index is 0.00158. The van der Waals surface area contributed by atoms with Gasteiger partial charge in [-0.15, -0.1) is 0 Å². The molecule has 0 aliphatic carbocycles. The van der Waals surface area contributed by atoms with Crippen LogP contribution in [-0.4, -0.2) is 41.2 Å². The van der Waals surface area contributed by atoms with Crippen molar-refractivity contribution >= 4 is 5.97 Å². The first kappa shape index (κ1) is 16.8. The predicted octanol–water partition coefficient (Wildman–Crippen LogP) is 2.46. The van der Waals surface area contributed by atoms with Crippen molar-refractivity contribution in [3.63, 3.8) is 0 Å². The van der Waals surface area contributed by atoms with Crippen LogP contribution >= 0.6 is 0 Å². The fourth-order valence-electron chi connectivity index (χ4n) is 2.29. The molecule has 0 aliphatic heterocycles. The van der Waals surface area contributed by atoms with Crippen LogP contribution in [0.5, 0.6) is 11.5 Å². The molecule has 23 heavy (non-hydrogen) atoms. The Balaban J connectivity index is 2.46. The van der Waals surface area contributed by atoms with E-state index < -0.39 is 11.4 Å². The number of carbonyl (C=O) groups is 1. The number of carboxylic acids is 1. The smallest absolute Gasteiger partial charge is 0.341 e. The summed E-state index contributed by atoms with van der Waals surface area (Å²) >= 11 is 0. The van der Waals surface area contributed by atoms with Crippen molar-refractivity contribution in [1.82, 2.24) is 9.47 Å². The van der Waals surface area contributed by atoms with Gasteiger partial charge in [0.15, 0.2) is 5.75 Å². The SMILES string of the molecule is CC(CN(C)C)n1cc(Oc2ccccc2)c(=O)c(C(=O)O)c1. The number of hydrogen-bond donors (Lipinski definition) is 1. The summed E-state index contributed by atoms with van der Waals surface area (Å²) in [6, 6.07) is 8.80. The first-order valence-corrected chi connectivity index (χ1v) is 7.25. The van der Waals surface area contributed by atoms with Crippen molar-refractivity contribution in [2.24, 2.45) is 0 Å². The number of benzene rings is 1. The highest BCUT2D eigenvalue weighted by Gasteiger charge is 2.17. The van der Waals surface area contributed by atoms with Gasteiger partial charge in [0, 0.05) is 18.8 Å². The minimum atomic E-state index is -1.26. The molecule has 0 radical (unpaired) electrons. The molecule has 6 heteroatoms. The maximum absolute atomic E-state index is 12.3. The lowest BCUT2D eigenvalue weighted by Crippen LogP contribution is -2.25. The first-order valence-electron chi connectivity index (χ1n) is 7.25. The summed E-state index contributed by atoms with van der Waals surface area (Å²) in [4.78, 5) is 25.6. The van der Waals surface area contributed by atoms with Gasteiger partial charge in [-0.3, -0.25) is 4.79 Å². The predicted molar refractivity (Wildman–Crippen MR) is 87.4 cm³/mol. The van der Waals surface area contributed by atoms with Gasteiger partial charge in [0.2, 0.25) is 5.43 Å². The molecule has 0 bridgehead atoms. The fraction of sp³-hybridized carbons (Fsp3) is 0.294. The largest absolute Gasteiger partial charge is 0.477 e. The standard InChI is InChI=1S/C17H20N2O4/c1-12(9-18(2)3)19-10-14(17(21)22)16(20)15(11-19)23-13-7-5-4-6-8-13/h4-8,10-12H,9H2,1-3H3,(H,21,22). The lowest BCUT2D eigenvalue weighted by Gasteiger charge is -2.21. The molecule has 0 fully saturated rings. The summed E-state index contributed by atoms with van der Waals surface area (Å²) in [7, 11) is 3.86. The molecule has 1 aromatic carbocycles. The van der Waals surface area contributed by atoms with Crippen molar-refractivity contribution in [1.29, 1.82) is 0 Å². The monoisotopic (exact) mass is 316 g/mol. The average Bonchev–Trinajstić information content (AvgIpc) is 2.49. The molecule has 0 spiro atoms. The third-order valence-electron chi connectivity index (χ3n) is 3.35. The van der Waals surface area contributed by atoms with Crippen LogP contribution in [0, 0.1) is 0 Å². The van der Waals surface area contributed by atoms with Crippen molar-refractivity contribution in [3.8, 4) is 11.5 Å². The van der Waals surface area contributed by atoms with Crippen molar-refractivity contribution in [3.05, 3.63) is 58.5 Å². The van der Waals surface area contributed by atoms with E-state index in [4.69, 9.17) is 4.74 Å². The van der Waals surface area contributed by atoms with Gasteiger partial charge in [-0.25, -0.2) is 4.79 Å². The second kappa shape index (κ2) is 7.11. The van der Waals surface area contributed by atoms with Gasteiger partial charge in [0.1, 0.15) is 11.3 Å². The summed E-state index contributed by atoms with van der Waals surface area (Å²) in [6.45, 7) is 2.65. The van der Waals surface area contributed by atoms with E-state index in [0.29, 0.717) is 12.3 Å². The van der Waals surface area contributed by atoms with Crippen LogP contribution in [-0.2, 0) is 0 Å². The van der Waals surface area contributed by atoms with Gasteiger partial charge >= 0.3 is 5.97 Å². The van der Waals surface area contributed by atoms with Crippen LogP contribution in [0.3, 0.4) is 0 Å². The van der Waals surface area contributed by atoms with Gasteiger partial charge in [-0.1, -0.05) is 18.2 Å². The Hall–Kier alpha value is -2.60. The highest BCUT2D eigenvalue weighted by Crippen LogP contribution is 2.19.